The van der Waals surface area contributed by atoms with Gasteiger partial charge in [-0.3, -0.25) is 9.97 Å². The molecule has 0 unspecified atom stereocenters. The van der Waals surface area contributed by atoms with Crippen molar-refractivity contribution in [2.45, 2.75) is 24.0 Å². The van der Waals surface area contributed by atoms with Crippen molar-refractivity contribution in [2.75, 3.05) is 10.2 Å². The van der Waals surface area contributed by atoms with Crippen molar-refractivity contribution in [2.24, 2.45) is 0 Å². The van der Waals surface area contributed by atoms with E-state index in [0.29, 0.717) is 22.5 Å². The highest BCUT2D eigenvalue weighted by Gasteiger charge is 2.45. The van der Waals surface area contributed by atoms with Gasteiger partial charge in [-0.1, -0.05) is 0 Å². The normalized spacial score (nSPS) is 16.2. The van der Waals surface area contributed by atoms with Crippen LogP contribution in [0.4, 0.5) is 21.6 Å². The molecule has 8 radical (unpaired) electrons. The van der Waals surface area contributed by atoms with Gasteiger partial charge in [0, 0.05) is 11.9 Å². The molecule has 4 rings (SSSR count). The van der Waals surface area contributed by atoms with Crippen LogP contribution in [0.15, 0.2) is 36.8 Å². The molecule has 31 heavy (non-hydrogen) atoms. The van der Waals surface area contributed by atoms with Gasteiger partial charge in [0.05, 0.1) is 55.2 Å². The number of hydrogen-bond acceptors (Lipinski definition) is 7. The molecule has 1 aliphatic rings. The topological polar surface area (TPSA) is 90.6 Å². The van der Waals surface area contributed by atoms with Crippen molar-refractivity contribution < 1.29 is 4.39 Å². The number of nitriles is 1. The maximum atomic E-state index is 14.0. The summed E-state index contributed by atoms with van der Waals surface area (Å²) < 4.78 is 14.0. The molecule has 0 atom stereocenters. The van der Waals surface area contributed by atoms with Gasteiger partial charge in [-0.05, 0) is 53.3 Å². The van der Waals surface area contributed by atoms with Crippen LogP contribution in [0.25, 0.3) is 0 Å². The molecule has 0 aromatic carbocycles. The Balaban J connectivity index is 1.80. The molecule has 0 bridgehead atoms. The summed E-state index contributed by atoms with van der Waals surface area (Å²) in [4.78, 5) is 9.46. The fraction of sp³-hybridized carbons (Fsp3) is 0.211. The molecule has 0 spiro atoms. The third-order valence-corrected chi connectivity index (χ3v) is 4.97. The van der Waals surface area contributed by atoms with Crippen LogP contribution in [0, 0.1) is 24.1 Å². The van der Waals surface area contributed by atoms with E-state index in [1.54, 1.807) is 13.0 Å². The minimum Gasteiger partial charge on any atom is -0.374 e. The Labute approximate surface area is 184 Å². The lowest BCUT2D eigenvalue weighted by atomic mass is 9.46. The summed E-state index contributed by atoms with van der Waals surface area (Å²) >= 11 is 0. The molecule has 0 saturated heterocycles. The second kappa shape index (κ2) is 7.41. The molecule has 12 heteroatoms. The van der Waals surface area contributed by atoms with E-state index in [4.69, 9.17) is 36.6 Å². The fourth-order valence-electron chi connectivity index (χ4n) is 3.62. The summed E-state index contributed by atoms with van der Waals surface area (Å²) in [5.74, 6) is -0.293. The van der Waals surface area contributed by atoms with Gasteiger partial charge >= 0.3 is 0 Å². The summed E-state index contributed by atoms with van der Waals surface area (Å²) in [5, 5.41) is 16.7. The molecule has 0 aliphatic carbocycles. The average Bonchev–Trinajstić information content (AvgIpc) is 2.71. The number of nitrogens with one attached hydrogen (secondary N) is 1. The highest BCUT2D eigenvalue weighted by molar-refractivity contribution is 6.48. The first kappa shape index (κ1) is 20.9. The summed E-state index contributed by atoms with van der Waals surface area (Å²) in [5.41, 5.74) is 2.27. The quantitative estimate of drug-likeness (QED) is 0.651. The molecular weight excluding hydrogens is 389 g/mol. The Kier molecular flexibility index (Phi) is 5.00. The van der Waals surface area contributed by atoms with Crippen molar-refractivity contribution in [3.63, 3.8) is 0 Å². The molecule has 3 aromatic heterocycles. The zero-order valence-corrected chi connectivity index (χ0v) is 16.5. The second-order valence-electron chi connectivity index (χ2n) is 7.38. The van der Waals surface area contributed by atoms with E-state index in [1.165, 1.54) is 29.4 Å². The Morgan fingerprint density at radius 1 is 1.19 bits per heavy atom. The van der Waals surface area contributed by atoms with Crippen LogP contribution in [0.2, 0.25) is 0 Å². The average molecular weight is 401 g/mol. The van der Waals surface area contributed by atoms with Crippen LogP contribution in [0.5, 0.6) is 0 Å². The Bertz CT molecular complexity index is 1210. The molecular formula is C19H12B4FN7. The van der Waals surface area contributed by atoms with Crippen molar-refractivity contribution >= 4 is 48.6 Å². The lowest BCUT2D eigenvalue weighted by Gasteiger charge is -2.56. The number of pyridine rings is 2. The molecule has 1 aliphatic heterocycles. The van der Waals surface area contributed by atoms with Crippen LogP contribution < -0.4 is 10.2 Å². The highest BCUT2D eigenvalue weighted by atomic mass is 19.1. The van der Waals surface area contributed by atoms with Crippen LogP contribution in [0.1, 0.15) is 22.5 Å². The van der Waals surface area contributed by atoms with E-state index in [1.807, 2.05) is 6.07 Å². The van der Waals surface area contributed by atoms with E-state index < -0.39 is 16.5 Å². The number of aryl methyl sites for hydroxylation is 1. The van der Waals surface area contributed by atoms with E-state index in [2.05, 4.69) is 25.5 Å². The third kappa shape index (κ3) is 3.65. The summed E-state index contributed by atoms with van der Waals surface area (Å²) in [6, 6.07) is 6.59. The van der Waals surface area contributed by atoms with Crippen LogP contribution in [-0.2, 0) is 11.8 Å². The van der Waals surface area contributed by atoms with Crippen molar-refractivity contribution in [3.05, 3.63) is 65.1 Å². The van der Waals surface area contributed by atoms with E-state index >= 15 is 0 Å². The minimum atomic E-state index is -1.73. The minimum absolute atomic E-state index is 0.101. The van der Waals surface area contributed by atoms with Gasteiger partial charge in [-0.15, -0.1) is 10.2 Å². The smallest absolute Gasteiger partial charge is 0.164 e. The maximum Gasteiger partial charge on any atom is 0.164 e. The van der Waals surface area contributed by atoms with Gasteiger partial charge < -0.3 is 10.2 Å². The van der Waals surface area contributed by atoms with Crippen LogP contribution in [-0.4, -0.2) is 56.9 Å². The number of aromatic nitrogens is 4. The first-order valence-electron chi connectivity index (χ1n) is 9.19. The number of anilines is 3. The number of nitrogens with zero attached hydrogens (tertiary/aromatic N) is 6. The van der Waals surface area contributed by atoms with Crippen LogP contribution in [0.3, 0.4) is 0 Å². The Morgan fingerprint density at radius 3 is 2.65 bits per heavy atom. The van der Waals surface area contributed by atoms with Gasteiger partial charge in [0.2, 0.25) is 0 Å². The van der Waals surface area contributed by atoms with E-state index in [0.717, 1.165) is 6.20 Å². The lowest BCUT2D eigenvalue weighted by Crippen LogP contribution is -2.66. The molecule has 4 heterocycles. The van der Waals surface area contributed by atoms with E-state index in [9.17, 15) is 4.39 Å². The number of hydrogen-bond donors (Lipinski definition) is 1. The van der Waals surface area contributed by atoms with Gasteiger partial charge in [-0.25, -0.2) is 4.39 Å². The number of fused-ring (bicyclic) bond motifs is 1. The van der Waals surface area contributed by atoms with Gasteiger partial charge in [0.15, 0.2) is 17.3 Å². The second-order valence-corrected chi connectivity index (χ2v) is 7.38. The predicted molar refractivity (Wildman–Crippen MR) is 117 cm³/mol. The van der Waals surface area contributed by atoms with Crippen molar-refractivity contribution in [1.82, 2.24) is 20.2 Å². The Morgan fingerprint density at radius 2 is 1.97 bits per heavy atom. The van der Waals surface area contributed by atoms with Crippen molar-refractivity contribution in [1.29, 1.82) is 5.26 Å². The molecule has 0 amide bonds. The third-order valence-electron chi connectivity index (χ3n) is 4.97. The number of rotatable bonds is 3. The lowest BCUT2D eigenvalue weighted by molar-refractivity contribution is 0.558. The standard InChI is InChI=1S/C19H12B4FN7/c1-10-4-11(7-25)29-30-17(10)31-18(20,21)6-16-13(19(31,22)23)5-12(8-27-16)28-15-2-3-26-9-14(15)24/h2-5,8-9H,6H2,1H3,(H,26,28). The van der Waals surface area contributed by atoms with Crippen LogP contribution >= 0.6 is 0 Å². The van der Waals surface area contributed by atoms with Crippen molar-refractivity contribution in [3.8, 4) is 6.07 Å². The summed E-state index contributed by atoms with van der Waals surface area (Å²) in [7, 11) is 25.8. The predicted octanol–water partition coefficient (Wildman–Crippen LogP) is 0.830. The first-order chi connectivity index (χ1) is 14.6. The molecule has 0 fully saturated rings. The fourth-order valence-corrected chi connectivity index (χ4v) is 3.62. The maximum absolute atomic E-state index is 14.0. The van der Waals surface area contributed by atoms with Gasteiger partial charge in [-0.2, -0.15) is 5.26 Å². The van der Waals surface area contributed by atoms with E-state index in [-0.39, 0.29) is 23.6 Å². The van der Waals surface area contributed by atoms with Gasteiger partial charge in [0.1, 0.15) is 6.07 Å². The molecule has 0 saturated carbocycles. The molecule has 7 nitrogen and oxygen atoms in total. The Hall–Kier alpha value is -3.34. The first-order valence-corrected chi connectivity index (χ1v) is 9.19. The summed E-state index contributed by atoms with van der Waals surface area (Å²) in [6.45, 7) is 1.72. The number of halogens is 1. The SMILES string of the molecule is [B]C1([B])Cc2ncc(Nc3ccncc3F)cc2C([B])([B])N1c1nnc(C#N)cc1C. The van der Waals surface area contributed by atoms with Gasteiger partial charge in [0.25, 0.3) is 0 Å². The molecule has 142 valence electrons. The largest absolute Gasteiger partial charge is 0.374 e. The zero-order chi connectivity index (χ0) is 22.4. The molecule has 1 N–H and O–H groups in total. The highest BCUT2D eigenvalue weighted by Crippen LogP contribution is 2.41. The molecule has 3 aromatic rings. The zero-order valence-electron chi connectivity index (χ0n) is 16.5. The monoisotopic (exact) mass is 401 g/mol. The summed E-state index contributed by atoms with van der Waals surface area (Å²) in [6.07, 6.45) is 4.16.